The zero-order valence-electron chi connectivity index (χ0n) is 13.4. The Kier molecular flexibility index (Phi) is 7.51. The van der Waals surface area contributed by atoms with Gasteiger partial charge in [0.25, 0.3) is 0 Å². The number of halogens is 4. The van der Waals surface area contributed by atoms with Crippen LogP contribution in [0.5, 0.6) is 0 Å². The Hall–Kier alpha value is -1.31. The van der Waals surface area contributed by atoms with Crippen LogP contribution in [0.25, 0.3) is 0 Å². The summed E-state index contributed by atoms with van der Waals surface area (Å²) >= 11 is 0. The molecule has 1 saturated heterocycles. The van der Waals surface area contributed by atoms with Crippen molar-refractivity contribution in [3.8, 4) is 0 Å². The molecule has 0 saturated carbocycles. The number of carbonyl (C=O) groups excluding carboxylic acids is 1. The van der Waals surface area contributed by atoms with Gasteiger partial charge in [-0.1, -0.05) is 12.1 Å². The number of piperidine rings is 1. The van der Waals surface area contributed by atoms with E-state index in [1.807, 2.05) is 0 Å². The summed E-state index contributed by atoms with van der Waals surface area (Å²) in [5.74, 6) is 0.0257. The summed E-state index contributed by atoms with van der Waals surface area (Å²) in [4.78, 5) is 13.8. The number of carbonyl (C=O) groups is 1. The van der Waals surface area contributed by atoms with Gasteiger partial charge in [-0.05, 0) is 36.5 Å². The van der Waals surface area contributed by atoms with E-state index in [9.17, 15) is 18.0 Å². The van der Waals surface area contributed by atoms with Crippen LogP contribution in [0.3, 0.4) is 0 Å². The van der Waals surface area contributed by atoms with Crippen molar-refractivity contribution in [1.29, 1.82) is 0 Å². The lowest BCUT2D eigenvalue weighted by atomic mass is 9.89. The highest BCUT2D eigenvalue weighted by Crippen LogP contribution is 2.32. The van der Waals surface area contributed by atoms with Crippen molar-refractivity contribution in [2.45, 2.75) is 31.0 Å². The molecule has 2 rings (SSSR count). The molecule has 136 valence electrons. The third-order valence-corrected chi connectivity index (χ3v) is 4.18. The van der Waals surface area contributed by atoms with Crippen molar-refractivity contribution in [1.82, 2.24) is 4.90 Å². The average molecular weight is 367 g/mol. The molecule has 24 heavy (non-hydrogen) atoms. The minimum atomic E-state index is -4.31. The summed E-state index contributed by atoms with van der Waals surface area (Å²) in [6.07, 6.45) is -2.88. The lowest BCUT2D eigenvalue weighted by Gasteiger charge is -2.33. The van der Waals surface area contributed by atoms with Gasteiger partial charge in [-0.25, -0.2) is 0 Å². The molecule has 1 heterocycles. The normalized spacial score (nSPS) is 17.3. The highest BCUT2D eigenvalue weighted by atomic mass is 35.5. The van der Waals surface area contributed by atoms with E-state index in [4.69, 9.17) is 10.5 Å². The number of nitrogens with zero attached hydrogens (tertiary/aromatic N) is 1. The Morgan fingerprint density at radius 3 is 2.29 bits per heavy atom. The summed E-state index contributed by atoms with van der Waals surface area (Å²) < 4.78 is 42.6. The smallest absolute Gasteiger partial charge is 0.383 e. The Morgan fingerprint density at radius 2 is 1.83 bits per heavy atom. The predicted octanol–water partition coefficient (Wildman–Crippen LogP) is 2.81. The molecule has 0 bridgehead atoms. The summed E-state index contributed by atoms with van der Waals surface area (Å²) in [5, 5.41) is 0. The maximum absolute atomic E-state index is 12.6. The molecular formula is C16H22ClF3N2O2. The van der Waals surface area contributed by atoms with Crippen molar-refractivity contribution in [3.05, 3.63) is 35.4 Å². The predicted molar refractivity (Wildman–Crippen MR) is 87.1 cm³/mol. The zero-order chi connectivity index (χ0) is 17.0. The van der Waals surface area contributed by atoms with Crippen LogP contribution in [0.4, 0.5) is 13.2 Å². The molecule has 0 spiro atoms. The summed E-state index contributed by atoms with van der Waals surface area (Å²) in [5.41, 5.74) is 5.98. The first kappa shape index (κ1) is 20.7. The first-order valence-electron chi connectivity index (χ1n) is 7.53. The fraction of sp³-hybridized carbons (Fsp3) is 0.562. The van der Waals surface area contributed by atoms with E-state index in [2.05, 4.69) is 0 Å². The number of nitrogens with two attached hydrogens (primary N) is 1. The molecule has 1 unspecified atom stereocenters. The highest BCUT2D eigenvalue weighted by Gasteiger charge is 2.31. The summed E-state index contributed by atoms with van der Waals surface area (Å²) in [7, 11) is 1.49. The molecule has 1 atom stereocenters. The fourth-order valence-corrected chi connectivity index (χ4v) is 2.86. The van der Waals surface area contributed by atoms with Gasteiger partial charge < -0.3 is 15.4 Å². The van der Waals surface area contributed by atoms with E-state index in [-0.39, 0.29) is 30.8 Å². The van der Waals surface area contributed by atoms with E-state index in [1.54, 1.807) is 4.90 Å². The SMILES string of the molecule is COCC(N)C(=O)N1CCC(c2ccc(C(F)(F)F)cc2)CC1.Cl. The van der Waals surface area contributed by atoms with E-state index in [0.29, 0.717) is 13.1 Å². The molecule has 0 radical (unpaired) electrons. The molecule has 1 aliphatic heterocycles. The number of alkyl halides is 3. The fourth-order valence-electron chi connectivity index (χ4n) is 2.86. The number of methoxy groups -OCH3 is 1. The third-order valence-electron chi connectivity index (χ3n) is 4.18. The molecule has 1 aromatic carbocycles. The van der Waals surface area contributed by atoms with E-state index >= 15 is 0 Å². The van der Waals surface area contributed by atoms with Crippen molar-refractivity contribution >= 4 is 18.3 Å². The van der Waals surface area contributed by atoms with Crippen LogP contribution < -0.4 is 5.73 Å². The van der Waals surface area contributed by atoms with Crippen molar-refractivity contribution in [2.75, 3.05) is 26.8 Å². The molecule has 2 N–H and O–H groups in total. The molecule has 1 aliphatic rings. The number of amides is 1. The van der Waals surface area contributed by atoms with E-state index in [1.165, 1.54) is 19.2 Å². The second-order valence-corrected chi connectivity index (χ2v) is 5.78. The van der Waals surface area contributed by atoms with Crippen LogP contribution >= 0.6 is 12.4 Å². The number of likely N-dealkylation sites (tertiary alicyclic amines) is 1. The Balaban J connectivity index is 0.00000288. The van der Waals surface area contributed by atoms with Gasteiger partial charge in [-0.3, -0.25) is 4.79 Å². The van der Waals surface area contributed by atoms with Gasteiger partial charge in [0, 0.05) is 20.2 Å². The van der Waals surface area contributed by atoms with Gasteiger partial charge in [-0.2, -0.15) is 13.2 Å². The number of ether oxygens (including phenoxy) is 1. The lowest BCUT2D eigenvalue weighted by molar-refractivity contribution is -0.137. The third kappa shape index (κ3) is 5.09. The first-order valence-corrected chi connectivity index (χ1v) is 7.53. The molecule has 1 aromatic rings. The van der Waals surface area contributed by atoms with Gasteiger partial charge in [0.1, 0.15) is 6.04 Å². The summed E-state index contributed by atoms with van der Waals surface area (Å²) in [6.45, 7) is 1.29. The number of benzene rings is 1. The van der Waals surface area contributed by atoms with Crippen LogP contribution in [0.2, 0.25) is 0 Å². The quantitative estimate of drug-likeness (QED) is 0.891. The number of hydrogen-bond donors (Lipinski definition) is 1. The van der Waals surface area contributed by atoms with Gasteiger partial charge in [0.05, 0.1) is 12.2 Å². The molecular weight excluding hydrogens is 345 g/mol. The van der Waals surface area contributed by atoms with Gasteiger partial charge in [0.2, 0.25) is 5.91 Å². The minimum Gasteiger partial charge on any atom is -0.383 e. The van der Waals surface area contributed by atoms with Gasteiger partial charge in [0.15, 0.2) is 0 Å². The Bertz CT molecular complexity index is 529. The van der Waals surface area contributed by atoms with Crippen LogP contribution in [0.1, 0.15) is 29.9 Å². The maximum Gasteiger partial charge on any atom is 0.416 e. The van der Waals surface area contributed by atoms with Crippen LogP contribution in [0, 0.1) is 0 Å². The second kappa shape index (κ2) is 8.69. The van der Waals surface area contributed by atoms with Crippen molar-refractivity contribution < 1.29 is 22.7 Å². The van der Waals surface area contributed by atoms with Crippen molar-refractivity contribution in [3.63, 3.8) is 0 Å². The molecule has 0 aromatic heterocycles. The number of hydrogen-bond acceptors (Lipinski definition) is 3. The molecule has 4 nitrogen and oxygen atoms in total. The van der Waals surface area contributed by atoms with Crippen LogP contribution in [-0.2, 0) is 15.7 Å². The zero-order valence-corrected chi connectivity index (χ0v) is 14.2. The highest BCUT2D eigenvalue weighted by molar-refractivity contribution is 5.85. The molecule has 1 amide bonds. The van der Waals surface area contributed by atoms with Gasteiger partial charge >= 0.3 is 6.18 Å². The van der Waals surface area contributed by atoms with Gasteiger partial charge in [-0.15, -0.1) is 12.4 Å². The van der Waals surface area contributed by atoms with E-state index in [0.717, 1.165) is 30.5 Å². The van der Waals surface area contributed by atoms with Crippen LogP contribution in [-0.4, -0.2) is 43.7 Å². The standard InChI is InChI=1S/C16H21F3N2O2.ClH/c1-23-10-14(20)15(22)21-8-6-12(7-9-21)11-2-4-13(5-3-11)16(17,18)19;/h2-5,12,14H,6-10,20H2,1H3;1H. The number of rotatable bonds is 4. The second-order valence-electron chi connectivity index (χ2n) is 5.78. The Labute approximate surface area is 145 Å². The monoisotopic (exact) mass is 366 g/mol. The minimum absolute atomic E-state index is 0. The van der Waals surface area contributed by atoms with E-state index < -0.39 is 17.8 Å². The maximum atomic E-state index is 12.6. The largest absolute Gasteiger partial charge is 0.416 e. The molecule has 1 fully saturated rings. The lowest BCUT2D eigenvalue weighted by Crippen LogP contribution is -2.48. The first-order chi connectivity index (χ1) is 10.8. The molecule has 8 heteroatoms. The molecule has 0 aliphatic carbocycles. The Morgan fingerprint density at radius 1 is 1.29 bits per heavy atom. The van der Waals surface area contributed by atoms with Crippen LogP contribution in [0.15, 0.2) is 24.3 Å². The summed E-state index contributed by atoms with van der Waals surface area (Å²) in [6, 6.07) is 4.62. The topological polar surface area (TPSA) is 55.6 Å². The average Bonchev–Trinajstić information content (AvgIpc) is 2.54. The van der Waals surface area contributed by atoms with Crippen molar-refractivity contribution in [2.24, 2.45) is 5.73 Å².